The lowest BCUT2D eigenvalue weighted by Crippen LogP contribution is -2.31. The van der Waals surface area contributed by atoms with Crippen LogP contribution in [0.3, 0.4) is 0 Å². The zero-order valence-corrected chi connectivity index (χ0v) is 13.5. The van der Waals surface area contributed by atoms with Crippen LogP contribution in [0.25, 0.3) is 0 Å². The van der Waals surface area contributed by atoms with E-state index in [0.29, 0.717) is 51.1 Å². The highest BCUT2D eigenvalue weighted by atomic mass is 16.5. The molecule has 1 fully saturated rings. The van der Waals surface area contributed by atoms with Crippen molar-refractivity contribution in [3.05, 3.63) is 28.7 Å². The van der Waals surface area contributed by atoms with Crippen LogP contribution in [0.15, 0.2) is 23.4 Å². The second-order valence-corrected chi connectivity index (χ2v) is 5.94. The topological polar surface area (TPSA) is 88.4 Å². The van der Waals surface area contributed by atoms with Gasteiger partial charge in [-0.1, -0.05) is 11.2 Å². The highest BCUT2D eigenvalue weighted by Crippen LogP contribution is 2.28. The number of rotatable bonds is 8. The fourth-order valence-electron chi connectivity index (χ4n) is 2.86. The van der Waals surface area contributed by atoms with E-state index in [9.17, 15) is 15.1 Å². The number of ether oxygens (including phenoxy) is 2. The first kappa shape index (κ1) is 17.7. The molecule has 3 atom stereocenters. The molecule has 23 heavy (non-hydrogen) atoms. The first-order chi connectivity index (χ1) is 11.1. The second kappa shape index (κ2) is 8.84. The smallest absolute Gasteiger partial charge is 0.161 e. The third-order valence-electron chi connectivity index (χ3n) is 4.11. The molecule has 0 radical (unpaired) electrons. The highest BCUT2D eigenvalue weighted by molar-refractivity contribution is 5.41. The molecule has 0 saturated carbocycles. The van der Waals surface area contributed by atoms with Crippen molar-refractivity contribution in [2.45, 2.75) is 57.3 Å². The predicted molar refractivity (Wildman–Crippen MR) is 86.8 cm³/mol. The van der Waals surface area contributed by atoms with Crippen molar-refractivity contribution in [2.75, 3.05) is 13.2 Å². The largest absolute Gasteiger partial charge is 0.504 e. The monoisotopic (exact) mass is 323 g/mol. The van der Waals surface area contributed by atoms with Crippen LogP contribution in [0.2, 0.25) is 0 Å². The molecule has 0 amide bonds. The summed E-state index contributed by atoms with van der Waals surface area (Å²) < 4.78 is 10.9. The number of benzene rings is 1. The third kappa shape index (κ3) is 5.48. The van der Waals surface area contributed by atoms with Gasteiger partial charge in [-0.3, -0.25) is 0 Å². The molecule has 3 unspecified atom stereocenters. The summed E-state index contributed by atoms with van der Waals surface area (Å²) in [5, 5.41) is 22.6. The average Bonchev–Trinajstić information content (AvgIpc) is 2.54. The van der Waals surface area contributed by atoms with Gasteiger partial charge < -0.3 is 19.7 Å². The zero-order chi connectivity index (χ0) is 16.7. The number of phenolic OH excluding ortho intramolecular Hbond substituents is 1. The van der Waals surface area contributed by atoms with Crippen molar-refractivity contribution >= 4 is 0 Å². The Balaban J connectivity index is 1.87. The molecule has 1 aromatic carbocycles. The van der Waals surface area contributed by atoms with Gasteiger partial charge in [0.05, 0.1) is 24.9 Å². The highest BCUT2D eigenvalue weighted by Gasteiger charge is 2.24. The predicted octanol–water partition coefficient (Wildman–Crippen LogP) is 2.79. The van der Waals surface area contributed by atoms with Gasteiger partial charge in [0.15, 0.2) is 11.5 Å². The van der Waals surface area contributed by atoms with E-state index in [2.05, 4.69) is 5.18 Å². The van der Waals surface area contributed by atoms with Crippen LogP contribution < -0.4 is 4.74 Å². The van der Waals surface area contributed by atoms with Crippen LogP contribution in [-0.4, -0.2) is 41.7 Å². The second-order valence-electron chi connectivity index (χ2n) is 5.94. The van der Waals surface area contributed by atoms with Gasteiger partial charge in [0.2, 0.25) is 0 Å². The Hall–Kier alpha value is -1.66. The Kier molecular flexibility index (Phi) is 6.80. The number of hydrogen-bond acceptors (Lipinski definition) is 6. The van der Waals surface area contributed by atoms with E-state index in [4.69, 9.17) is 9.47 Å². The standard InChI is InChI=1S/C17H25NO5/c1-2-22-17-9-12(4-6-16(17)20)3-5-13(18-21)10-15-11-14(19)7-8-23-15/h4,6,9,13-15,19-20H,2-3,5,7-8,10-11H2,1H3. The van der Waals surface area contributed by atoms with Gasteiger partial charge in [0.25, 0.3) is 0 Å². The summed E-state index contributed by atoms with van der Waals surface area (Å²) in [6.07, 6.45) is 2.61. The van der Waals surface area contributed by atoms with Crippen LogP contribution in [0.4, 0.5) is 0 Å². The van der Waals surface area contributed by atoms with Gasteiger partial charge in [0.1, 0.15) is 0 Å². The van der Waals surface area contributed by atoms with Crippen LogP contribution in [0.5, 0.6) is 11.5 Å². The average molecular weight is 323 g/mol. The maximum atomic E-state index is 11.1. The molecule has 128 valence electrons. The minimum absolute atomic E-state index is 0.0970. The fourth-order valence-corrected chi connectivity index (χ4v) is 2.86. The van der Waals surface area contributed by atoms with Gasteiger partial charge in [-0.25, -0.2) is 0 Å². The molecule has 1 aliphatic rings. The Bertz CT molecular complexity index is 508. The minimum atomic E-state index is -0.341. The Labute approximate surface area is 136 Å². The van der Waals surface area contributed by atoms with Gasteiger partial charge in [-0.05, 0) is 56.7 Å². The summed E-state index contributed by atoms with van der Waals surface area (Å²) in [5.74, 6) is 0.574. The Morgan fingerprint density at radius 3 is 3.00 bits per heavy atom. The van der Waals surface area contributed by atoms with Gasteiger partial charge in [-0.2, -0.15) is 4.91 Å². The number of nitrogens with zero attached hydrogens (tertiary/aromatic N) is 1. The maximum absolute atomic E-state index is 11.1. The first-order valence-corrected chi connectivity index (χ1v) is 8.19. The minimum Gasteiger partial charge on any atom is -0.504 e. The molecule has 0 bridgehead atoms. The lowest BCUT2D eigenvalue weighted by atomic mass is 9.96. The van der Waals surface area contributed by atoms with E-state index in [1.807, 2.05) is 13.0 Å². The van der Waals surface area contributed by atoms with Gasteiger partial charge in [-0.15, -0.1) is 0 Å². The normalized spacial score (nSPS) is 22.5. The molecule has 0 aromatic heterocycles. The van der Waals surface area contributed by atoms with Gasteiger partial charge in [0, 0.05) is 6.61 Å². The SMILES string of the molecule is CCOc1cc(CCC(CC2CC(O)CCO2)N=O)ccc1O. The molecule has 1 aliphatic heterocycles. The van der Waals surface area contributed by atoms with Crippen LogP contribution >= 0.6 is 0 Å². The quantitative estimate of drug-likeness (QED) is 0.718. The lowest BCUT2D eigenvalue weighted by Gasteiger charge is -2.27. The van der Waals surface area contributed by atoms with Crippen LogP contribution in [0.1, 0.15) is 38.2 Å². The Morgan fingerprint density at radius 2 is 2.30 bits per heavy atom. The van der Waals surface area contributed by atoms with Crippen molar-refractivity contribution in [3.63, 3.8) is 0 Å². The zero-order valence-electron chi connectivity index (χ0n) is 13.5. The summed E-state index contributed by atoms with van der Waals surface area (Å²) in [5.41, 5.74) is 0.990. The van der Waals surface area contributed by atoms with E-state index < -0.39 is 0 Å². The molecule has 1 saturated heterocycles. The molecule has 2 N–H and O–H groups in total. The number of aromatic hydroxyl groups is 1. The fraction of sp³-hybridized carbons (Fsp3) is 0.647. The van der Waals surface area contributed by atoms with E-state index in [0.717, 1.165) is 5.56 Å². The number of hydrogen-bond donors (Lipinski definition) is 2. The van der Waals surface area contributed by atoms with E-state index >= 15 is 0 Å². The summed E-state index contributed by atoms with van der Waals surface area (Å²) in [4.78, 5) is 11.1. The number of aliphatic hydroxyl groups is 1. The molecule has 6 heteroatoms. The molecular weight excluding hydrogens is 298 g/mol. The molecule has 1 aromatic rings. The molecule has 6 nitrogen and oxygen atoms in total. The third-order valence-corrected chi connectivity index (χ3v) is 4.11. The molecule has 2 rings (SSSR count). The van der Waals surface area contributed by atoms with E-state index in [-0.39, 0.29) is 24.0 Å². The van der Waals surface area contributed by atoms with Crippen molar-refractivity contribution in [2.24, 2.45) is 5.18 Å². The first-order valence-electron chi connectivity index (χ1n) is 8.19. The number of aliphatic hydroxyl groups excluding tert-OH is 1. The lowest BCUT2D eigenvalue weighted by molar-refractivity contribution is -0.0487. The van der Waals surface area contributed by atoms with Crippen molar-refractivity contribution < 1.29 is 19.7 Å². The van der Waals surface area contributed by atoms with Gasteiger partial charge >= 0.3 is 0 Å². The van der Waals surface area contributed by atoms with E-state index in [1.165, 1.54) is 0 Å². The summed E-state index contributed by atoms with van der Waals surface area (Å²) in [6, 6.07) is 4.88. The van der Waals surface area contributed by atoms with E-state index in [1.54, 1.807) is 12.1 Å². The summed E-state index contributed by atoms with van der Waals surface area (Å²) >= 11 is 0. The van der Waals surface area contributed by atoms with Crippen LogP contribution in [-0.2, 0) is 11.2 Å². The number of aryl methyl sites for hydroxylation is 1. The van der Waals surface area contributed by atoms with Crippen molar-refractivity contribution in [1.29, 1.82) is 0 Å². The maximum Gasteiger partial charge on any atom is 0.161 e. The Morgan fingerprint density at radius 1 is 1.48 bits per heavy atom. The summed E-state index contributed by atoms with van der Waals surface area (Å²) in [7, 11) is 0. The molecule has 1 heterocycles. The molecular formula is C17H25NO5. The number of phenols is 1. The van der Waals surface area contributed by atoms with Crippen molar-refractivity contribution in [3.8, 4) is 11.5 Å². The summed E-state index contributed by atoms with van der Waals surface area (Å²) in [6.45, 7) is 2.88. The van der Waals surface area contributed by atoms with Crippen molar-refractivity contribution in [1.82, 2.24) is 0 Å². The number of nitroso groups, excluding NO2 is 1. The van der Waals surface area contributed by atoms with Crippen LogP contribution in [0, 0.1) is 4.91 Å². The molecule has 0 spiro atoms. The molecule has 0 aliphatic carbocycles.